The maximum absolute atomic E-state index is 2.49. The molecule has 10 aromatic carbocycles. The van der Waals surface area contributed by atoms with Crippen LogP contribution in [0.2, 0.25) is 0 Å². The van der Waals surface area contributed by atoms with E-state index in [4.69, 9.17) is 0 Å². The predicted octanol–water partition coefficient (Wildman–Crippen LogP) is 16.7. The van der Waals surface area contributed by atoms with Gasteiger partial charge in [0, 0.05) is 53.6 Å². The molecule has 13 rings (SSSR count). The van der Waals surface area contributed by atoms with E-state index in [1.54, 1.807) is 0 Å². The highest BCUT2D eigenvalue weighted by molar-refractivity contribution is 7.26. The summed E-state index contributed by atoms with van der Waals surface area (Å²) in [4.78, 5) is 2.49. The second-order valence-corrected chi connectivity index (χ2v) is 17.8. The van der Waals surface area contributed by atoms with Crippen molar-refractivity contribution in [3.05, 3.63) is 265 Å². The molecule has 0 saturated carbocycles. The molecular formula is C61H40N2S. The fourth-order valence-corrected chi connectivity index (χ4v) is 12.1. The van der Waals surface area contributed by atoms with Crippen LogP contribution >= 0.6 is 11.3 Å². The van der Waals surface area contributed by atoms with Gasteiger partial charge in [-0.3, -0.25) is 0 Å². The number of hydrogen-bond acceptors (Lipinski definition) is 2. The second kappa shape index (κ2) is 14.6. The van der Waals surface area contributed by atoms with Gasteiger partial charge in [0.15, 0.2) is 0 Å². The number of para-hydroxylation sites is 2. The molecule has 0 fully saturated rings. The molecule has 0 radical (unpaired) electrons. The number of thiophene rings is 1. The third-order valence-electron chi connectivity index (χ3n) is 13.5. The highest BCUT2D eigenvalue weighted by Gasteiger charge is 2.47. The zero-order chi connectivity index (χ0) is 42.2. The first-order valence-corrected chi connectivity index (χ1v) is 22.8. The van der Waals surface area contributed by atoms with E-state index in [-0.39, 0.29) is 0 Å². The van der Waals surface area contributed by atoms with Gasteiger partial charge in [0.25, 0.3) is 0 Å². The molecule has 0 atom stereocenters. The monoisotopic (exact) mass is 832 g/mol. The Morgan fingerprint density at radius 1 is 0.391 bits per heavy atom. The highest BCUT2D eigenvalue weighted by atomic mass is 32.1. The number of hydrogen-bond donors (Lipinski definition) is 0. The molecule has 0 bridgehead atoms. The zero-order valence-electron chi connectivity index (χ0n) is 34.9. The minimum absolute atomic E-state index is 0.519. The van der Waals surface area contributed by atoms with Gasteiger partial charge < -0.3 is 9.47 Å². The van der Waals surface area contributed by atoms with Crippen LogP contribution in [0, 0.1) is 0 Å². The van der Waals surface area contributed by atoms with Crippen LogP contribution in [0.4, 0.5) is 17.1 Å². The third kappa shape index (κ3) is 5.38. The Kier molecular flexibility index (Phi) is 8.34. The maximum Gasteiger partial charge on any atom is 0.0714 e. The van der Waals surface area contributed by atoms with E-state index in [1.165, 1.54) is 86.5 Å². The van der Waals surface area contributed by atoms with Gasteiger partial charge in [-0.05, 0) is 99.6 Å². The first-order chi connectivity index (χ1) is 31.8. The lowest BCUT2D eigenvalue weighted by Crippen LogP contribution is -2.28. The Bertz CT molecular complexity index is 3640. The minimum atomic E-state index is -0.519. The molecule has 0 saturated heterocycles. The van der Waals surface area contributed by atoms with E-state index in [9.17, 15) is 0 Å². The molecule has 12 aromatic rings. The van der Waals surface area contributed by atoms with E-state index in [1.807, 2.05) is 11.3 Å². The molecule has 0 unspecified atom stereocenters. The minimum Gasteiger partial charge on any atom is -0.310 e. The molecule has 0 aliphatic heterocycles. The fourth-order valence-electron chi connectivity index (χ4n) is 10.8. The van der Waals surface area contributed by atoms with Gasteiger partial charge in [0.1, 0.15) is 0 Å². The summed E-state index contributed by atoms with van der Waals surface area (Å²) in [6.45, 7) is 0. The Labute approximate surface area is 376 Å². The average Bonchev–Trinajstić information content (AvgIpc) is 4.02. The number of anilines is 3. The summed E-state index contributed by atoms with van der Waals surface area (Å²) in [6.07, 6.45) is 0. The molecule has 0 spiro atoms. The third-order valence-corrected chi connectivity index (χ3v) is 14.7. The molecule has 3 heteroatoms. The van der Waals surface area contributed by atoms with Crippen molar-refractivity contribution < 1.29 is 0 Å². The molecule has 0 amide bonds. The van der Waals surface area contributed by atoms with Crippen molar-refractivity contribution in [1.82, 2.24) is 4.57 Å². The van der Waals surface area contributed by atoms with E-state index in [2.05, 4.69) is 252 Å². The molecule has 0 N–H and O–H groups in total. The SMILES string of the molecule is c1ccc(C2(c3ccccc3)c3ccccc3-c3c(N(c4ccc(-n5c6ccccc6c6ccccc65)cc4)c4cccc(-c5cccc6c5sc5ccccc56)c4)cccc32)cc1. The van der Waals surface area contributed by atoms with Crippen LogP contribution in [-0.2, 0) is 5.41 Å². The number of aromatic nitrogens is 1. The van der Waals surface area contributed by atoms with Crippen LogP contribution < -0.4 is 4.90 Å². The maximum atomic E-state index is 2.49. The van der Waals surface area contributed by atoms with Crippen molar-refractivity contribution in [2.75, 3.05) is 4.90 Å². The first-order valence-electron chi connectivity index (χ1n) is 22.0. The lowest BCUT2D eigenvalue weighted by Gasteiger charge is -2.34. The molecule has 2 nitrogen and oxygen atoms in total. The van der Waals surface area contributed by atoms with Crippen LogP contribution in [0.5, 0.6) is 0 Å². The highest BCUT2D eigenvalue weighted by Crippen LogP contribution is 2.59. The van der Waals surface area contributed by atoms with E-state index in [0.717, 1.165) is 22.7 Å². The second-order valence-electron chi connectivity index (χ2n) is 16.8. The van der Waals surface area contributed by atoms with Gasteiger partial charge in [0.2, 0.25) is 0 Å². The van der Waals surface area contributed by atoms with E-state index >= 15 is 0 Å². The topological polar surface area (TPSA) is 8.17 Å². The number of nitrogens with zero attached hydrogens (tertiary/aromatic N) is 2. The van der Waals surface area contributed by atoms with Crippen molar-refractivity contribution in [2.45, 2.75) is 5.41 Å². The Morgan fingerprint density at radius 3 is 1.69 bits per heavy atom. The smallest absolute Gasteiger partial charge is 0.0714 e. The summed E-state index contributed by atoms with van der Waals surface area (Å²) >= 11 is 1.88. The fraction of sp³-hybridized carbons (Fsp3) is 0.0164. The van der Waals surface area contributed by atoms with Gasteiger partial charge >= 0.3 is 0 Å². The van der Waals surface area contributed by atoms with Gasteiger partial charge in [-0.1, -0.05) is 182 Å². The molecular weight excluding hydrogens is 793 g/mol. The van der Waals surface area contributed by atoms with Gasteiger partial charge in [0.05, 0.1) is 22.1 Å². The summed E-state index contributed by atoms with van der Waals surface area (Å²) < 4.78 is 5.02. The van der Waals surface area contributed by atoms with E-state index in [0.29, 0.717) is 0 Å². The summed E-state index contributed by atoms with van der Waals surface area (Å²) in [6, 6.07) is 89.5. The van der Waals surface area contributed by atoms with Gasteiger partial charge in [-0.2, -0.15) is 0 Å². The number of rotatable bonds is 7. The van der Waals surface area contributed by atoms with Crippen LogP contribution in [-0.4, -0.2) is 4.57 Å². The normalized spacial score (nSPS) is 12.8. The van der Waals surface area contributed by atoms with Crippen LogP contribution in [0.15, 0.2) is 243 Å². The number of fused-ring (bicyclic) bond motifs is 9. The van der Waals surface area contributed by atoms with Crippen molar-refractivity contribution in [2.24, 2.45) is 0 Å². The summed E-state index contributed by atoms with van der Waals surface area (Å²) in [7, 11) is 0. The first kappa shape index (κ1) is 36.7. The predicted molar refractivity (Wildman–Crippen MR) is 271 cm³/mol. The van der Waals surface area contributed by atoms with Crippen molar-refractivity contribution in [1.29, 1.82) is 0 Å². The van der Waals surface area contributed by atoms with Crippen LogP contribution in [0.1, 0.15) is 22.3 Å². The summed E-state index contributed by atoms with van der Waals surface area (Å²) in [5.41, 5.74) is 16.4. The van der Waals surface area contributed by atoms with E-state index < -0.39 is 5.41 Å². The summed E-state index contributed by atoms with van der Waals surface area (Å²) in [5.74, 6) is 0. The van der Waals surface area contributed by atoms with Crippen molar-refractivity contribution in [3.63, 3.8) is 0 Å². The van der Waals surface area contributed by atoms with Crippen molar-refractivity contribution >= 4 is 70.4 Å². The Balaban J connectivity index is 1.06. The molecule has 2 heterocycles. The van der Waals surface area contributed by atoms with Crippen LogP contribution in [0.3, 0.4) is 0 Å². The van der Waals surface area contributed by atoms with Crippen molar-refractivity contribution in [3.8, 4) is 27.9 Å². The summed E-state index contributed by atoms with van der Waals surface area (Å²) in [5, 5.41) is 5.13. The molecule has 300 valence electrons. The lowest BCUT2D eigenvalue weighted by molar-refractivity contribution is 0.768. The standard InChI is InChI=1S/C61H40N2S/c1-3-19-42(20-4-1)61(43-21-5-2-6-22-43)53-30-11-7-27-52(53)59-54(61)31-17-34-57(59)62(44-36-38-45(39-37-44)63-55-32-12-8-24-48(55)49-25-9-13-33-56(49)63)46-23-15-18-41(40-46)47-28-16-29-51-50-26-10-14-35-58(50)64-60(47)51/h1-40H. The van der Waals surface area contributed by atoms with Gasteiger partial charge in [-0.25, -0.2) is 0 Å². The number of benzene rings is 10. The Hall–Kier alpha value is -7.98. The van der Waals surface area contributed by atoms with Crippen LogP contribution in [0.25, 0.3) is 69.9 Å². The molecule has 64 heavy (non-hydrogen) atoms. The zero-order valence-corrected chi connectivity index (χ0v) is 35.7. The average molecular weight is 833 g/mol. The molecule has 2 aromatic heterocycles. The molecule has 1 aliphatic carbocycles. The Morgan fingerprint density at radius 2 is 0.953 bits per heavy atom. The molecule has 1 aliphatic rings. The van der Waals surface area contributed by atoms with Gasteiger partial charge in [-0.15, -0.1) is 11.3 Å². The quantitative estimate of drug-likeness (QED) is 0.155. The lowest BCUT2D eigenvalue weighted by atomic mass is 9.68. The largest absolute Gasteiger partial charge is 0.310 e.